The van der Waals surface area contributed by atoms with Crippen LogP contribution in [-0.2, 0) is 11.3 Å². The van der Waals surface area contributed by atoms with Gasteiger partial charge in [-0.15, -0.1) is 0 Å². The molecule has 5 heteroatoms. The van der Waals surface area contributed by atoms with E-state index in [1.807, 2.05) is 31.0 Å². The maximum absolute atomic E-state index is 12.0. The number of rotatable bonds is 8. The second kappa shape index (κ2) is 8.07. The Morgan fingerprint density at radius 3 is 2.70 bits per heavy atom. The number of hydrogen-bond acceptors (Lipinski definition) is 4. The third kappa shape index (κ3) is 5.35. The van der Waals surface area contributed by atoms with Gasteiger partial charge in [-0.1, -0.05) is 13.8 Å². The number of nitrogens with one attached hydrogen (secondary N) is 1. The molecule has 1 rings (SSSR count). The molecule has 0 aliphatic heterocycles. The van der Waals surface area contributed by atoms with E-state index in [9.17, 15) is 4.79 Å². The Bertz CT molecular complexity index is 390. The highest BCUT2D eigenvalue weighted by atomic mass is 16.3. The van der Waals surface area contributed by atoms with Gasteiger partial charge in [0.05, 0.1) is 18.8 Å². The number of furan rings is 1. The van der Waals surface area contributed by atoms with Crippen LogP contribution in [0, 0.1) is 5.92 Å². The molecule has 0 fully saturated rings. The van der Waals surface area contributed by atoms with E-state index in [1.165, 1.54) is 0 Å². The normalized spacial score (nSPS) is 14.6. The van der Waals surface area contributed by atoms with Crippen LogP contribution in [0.2, 0.25) is 0 Å². The molecule has 0 saturated carbocycles. The minimum Gasteiger partial charge on any atom is -0.467 e. The molecule has 0 aliphatic rings. The molecule has 1 amide bonds. The Hall–Kier alpha value is -1.33. The molecular weight excluding hydrogens is 254 g/mol. The fraction of sp³-hybridized carbons (Fsp3) is 0.667. The first-order chi connectivity index (χ1) is 9.41. The number of hydrogen-bond donors (Lipinski definition) is 2. The minimum absolute atomic E-state index is 0.00187. The molecule has 0 bridgehead atoms. The highest BCUT2D eigenvalue weighted by Gasteiger charge is 2.19. The molecular formula is C15H27N3O2. The second-order valence-electron chi connectivity index (χ2n) is 5.65. The molecule has 0 aliphatic carbocycles. The highest BCUT2D eigenvalue weighted by molar-refractivity contribution is 5.81. The van der Waals surface area contributed by atoms with Crippen molar-refractivity contribution >= 4 is 5.91 Å². The Morgan fingerprint density at radius 1 is 1.45 bits per heavy atom. The molecule has 2 unspecified atom stereocenters. The smallest absolute Gasteiger partial charge is 0.237 e. The average molecular weight is 281 g/mol. The van der Waals surface area contributed by atoms with E-state index in [1.54, 1.807) is 6.26 Å². The van der Waals surface area contributed by atoms with Crippen molar-refractivity contribution in [2.75, 3.05) is 13.6 Å². The van der Waals surface area contributed by atoms with Gasteiger partial charge in [0.25, 0.3) is 0 Å². The topological polar surface area (TPSA) is 71.5 Å². The fourth-order valence-corrected chi connectivity index (χ4v) is 1.81. The first-order valence-electron chi connectivity index (χ1n) is 7.17. The number of carbonyl (C=O) groups is 1. The van der Waals surface area contributed by atoms with Gasteiger partial charge in [-0.05, 0) is 38.4 Å². The van der Waals surface area contributed by atoms with Crippen LogP contribution in [0.1, 0.15) is 33.0 Å². The minimum atomic E-state index is -0.177. The molecule has 1 heterocycles. The van der Waals surface area contributed by atoms with Crippen molar-refractivity contribution in [3.05, 3.63) is 24.2 Å². The lowest BCUT2D eigenvalue weighted by molar-refractivity contribution is -0.125. The number of likely N-dealkylation sites (N-methyl/N-ethyl adjacent to an activating group) is 1. The Labute approximate surface area is 121 Å². The SMILES string of the molecule is CC(C)C(N)CCN(C)C(C)C(=O)NCc1ccco1. The zero-order valence-electron chi connectivity index (χ0n) is 12.9. The van der Waals surface area contributed by atoms with Crippen molar-refractivity contribution < 1.29 is 9.21 Å². The van der Waals surface area contributed by atoms with Crippen molar-refractivity contribution in [3.8, 4) is 0 Å². The van der Waals surface area contributed by atoms with Crippen LogP contribution in [0.3, 0.4) is 0 Å². The average Bonchev–Trinajstić information content (AvgIpc) is 2.93. The predicted octanol–water partition coefficient (Wildman–Crippen LogP) is 1.59. The van der Waals surface area contributed by atoms with Crippen LogP contribution in [0.5, 0.6) is 0 Å². The summed E-state index contributed by atoms with van der Waals surface area (Å²) in [4.78, 5) is 14.1. The first-order valence-corrected chi connectivity index (χ1v) is 7.17. The summed E-state index contributed by atoms with van der Waals surface area (Å²) < 4.78 is 5.18. The standard InChI is InChI=1S/C15H27N3O2/c1-11(2)14(16)7-8-18(4)12(3)15(19)17-10-13-6-5-9-20-13/h5-6,9,11-12,14H,7-8,10,16H2,1-4H3,(H,17,19). The van der Waals surface area contributed by atoms with Gasteiger partial charge >= 0.3 is 0 Å². The molecule has 0 saturated heterocycles. The predicted molar refractivity (Wildman–Crippen MR) is 80.1 cm³/mol. The van der Waals surface area contributed by atoms with Crippen molar-refractivity contribution in [1.29, 1.82) is 0 Å². The number of carbonyl (C=O) groups excluding carboxylic acids is 1. The molecule has 0 aromatic carbocycles. The van der Waals surface area contributed by atoms with Gasteiger partial charge in [0, 0.05) is 12.6 Å². The van der Waals surface area contributed by atoms with E-state index in [0.717, 1.165) is 18.7 Å². The maximum atomic E-state index is 12.0. The zero-order chi connectivity index (χ0) is 15.1. The number of nitrogens with zero attached hydrogens (tertiary/aromatic N) is 1. The maximum Gasteiger partial charge on any atom is 0.237 e. The van der Waals surface area contributed by atoms with Crippen LogP contribution < -0.4 is 11.1 Å². The quantitative estimate of drug-likeness (QED) is 0.759. The summed E-state index contributed by atoms with van der Waals surface area (Å²) in [7, 11) is 1.95. The summed E-state index contributed by atoms with van der Waals surface area (Å²) >= 11 is 0. The largest absolute Gasteiger partial charge is 0.467 e. The summed E-state index contributed by atoms with van der Waals surface area (Å²) in [6.07, 6.45) is 2.49. The lowest BCUT2D eigenvalue weighted by Gasteiger charge is -2.26. The summed E-state index contributed by atoms with van der Waals surface area (Å²) in [5.41, 5.74) is 6.02. The van der Waals surface area contributed by atoms with Crippen molar-refractivity contribution in [3.63, 3.8) is 0 Å². The van der Waals surface area contributed by atoms with Gasteiger partial charge in [-0.25, -0.2) is 0 Å². The second-order valence-corrected chi connectivity index (χ2v) is 5.65. The van der Waals surface area contributed by atoms with E-state index in [4.69, 9.17) is 10.2 Å². The monoisotopic (exact) mass is 281 g/mol. The molecule has 1 aromatic heterocycles. The summed E-state index contributed by atoms with van der Waals surface area (Å²) in [5, 5.41) is 2.87. The Morgan fingerprint density at radius 2 is 2.15 bits per heavy atom. The van der Waals surface area contributed by atoms with Crippen molar-refractivity contribution in [1.82, 2.24) is 10.2 Å². The van der Waals surface area contributed by atoms with Crippen LogP contribution in [-0.4, -0.2) is 36.5 Å². The lowest BCUT2D eigenvalue weighted by Crippen LogP contribution is -2.44. The van der Waals surface area contributed by atoms with E-state index in [-0.39, 0.29) is 18.0 Å². The van der Waals surface area contributed by atoms with Gasteiger partial charge in [0.2, 0.25) is 5.91 Å². The summed E-state index contributed by atoms with van der Waals surface area (Å²) in [5.74, 6) is 1.23. The number of amides is 1. The van der Waals surface area contributed by atoms with Gasteiger partial charge < -0.3 is 15.5 Å². The Balaban J connectivity index is 2.31. The molecule has 20 heavy (non-hydrogen) atoms. The summed E-state index contributed by atoms with van der Waals surface area (Å²) in [6.45, 7) is 7.37. The zero-order valence-corrected chi connectivity index (χ0v) is 12.9. The van der Waals surface area contributed by atoms with E-state index in [2.05, 4.69) is 19.2 Å². The number of nitrogens with two attached hydrogens (primary N) is 1. The van der Waals surface area contributed by atoms with E-state index < -0.39 is 0 Å². The van der Waals surface area contributed by atoms with Gasteiger partial charge in [0.1, 0.15) is 5.76 Å². The third-order valence-electron chi connectivity index (χ3n) is 3.73. The molecule has 5 nitrogen and oxygen atoms in total. The van der Waals surface area contributed by atoms with Crippen molar-refractivity contribution in [2.24, 2.45) is 11.7 Å². The molecule has 1 aromatic rings. The Kier molecular flexibility index (Phi) is 6.75. The third-order valence-corrected chi connectivity index (χ3v) is 3.73. The van der Waals surface area contributed by atoms with Crippen molar-refractivity contribution in [2.45, 2.75) is 45.8 Å². The molecule has 114 valence electrons. The van der Waals surface area contributed by atoms with Crippen LogP contribution >= 0.6 is 0 Å². The van der Waals surface area contributed by atoms with E-state index >= 15 is 0 Å². The summed E-state index contributed by atoms with van der Waals surface area (Å²) in [6, 6.07) is 3.65. The molecule has 0 radical (unpaired) electrons. The van der Waals surface area contributed by atoms with Gasteiger partial charge in [-0.3, -0.25) is 9.69 Å². The van der Waals surface area contributed by atoms with Crippen LogP contribution in [0.4, 0.5) is 0 Å². The molecule has 0 spiro atoms. The first kappa shape index (κ1) is 16.7. The molecule has 2 atom stereocenters. The van der Waals surface area contributed by atoms with Crippen LogP contribution in [0.25, 0.3) is 0 Å². The molecule has 3 N–H and O–H groups in total. The highest BCUT2D eigenvalue weighted by Crippen LogP contribution is 2.06. The van der Waals surface area contributed by atoms with Crippen LogP contribution in [0.15, 0.2) is 22.8 Å². The van der Waals surface area contributed by atoms with Gasteiger partial charge in [-0.2, -0.15) is 0 Å². The van der Waals surface area contributed by atoms with Gasteiger partial charge in [0.15, 0.2) is 0 Å². The van der Waals surface area contributed by atoms with E-state index in [0.29, 0.717) is 12.5 Å². The lowest BCUT2D eigenvalue weighted by atomic mass is 10.0. The fourth-order valence-electron chi connectivity index (χ4n) is 1.81.